The van der Waals surface area contributed by atoms with E-state index in [1.54, 1.807) is 18.2 Å². The number of para-hydroxylation sites is 1. The van der Waals surface area contributed by atoms with Gasteiger partial charge in [-0.05, 0) is 55.6 Å². The molecule has 0 aromatic heterocycles. The highest BCUT2D eigenvalue weighted by atomic mass is 35.5. The molecule has 184 valence electrons. The van der Waals surface area contributed by atoms with E-state index in [4.69, 9.17) is 16.3 Å². The van der Waals surface area contributed by atoms with E-state index in [9.17, 15) is 14.3 Å². The number of ether oxygens (including phenoxy) is 1. The van der Waals surface area contributed by atoms with Crippen LogP contribution in [0.4, 0.5) is 10.1 Å². The van der Waals surface area contributed by atoms with Gasteiger partial charge in [0.2, 0.25) is 0 Å². The van der Waals surface area contributed by atoms with Crippen LogP contribution >= 0.6 is 11.6 Å². The van der Waals surface area contributed by atoms with Gasteiger partial charge in [0.05, 0.1) is 12.8 Å². The number of phenolic OH excluding ortho intramolecular Hbond substituents is 1. The van der Waals surface area contributed by atoms with Gasteiger partial charge in [-0.1, -0.05) is 23.7 Å². The highest BCUT2D eigenvalue weighted by Gasteiger charge is 2.35. The highest BCUT2D eigenvalue weighted by molar-refractivity contribution is 6.30. The lowest BCUT2D eigenvalue weighted by molar-refractivity contribution is -0.141. The molecule has 0 bridgehead atoms. The normalized spacial score (nSPS) is 22.0. The zero-order valence-corrected chi connectivity index (χ0v) is 20.4. The van der Waals surface area contributed by atoms with Gasteiger partial charge >= 0.3 is 5.97 Å². The van der Waals surface area contributed by atoms with Gasteiger partial charge in [0, 0.05) is 62.3 Å². The van der Waals surface area contributed by atoms with Gasteiger partial charge < -0.3 is 14.7 Å². The predicted octanol–water partition coefficient (Wildman–Crippen LogP) is 4.15. The SMILES string of the molecule is COC(=O)CC[C@H]1CN(Cc2cc(Cl)ccc2O)CC[C@H]1N1CCN(c2ccccc2F)CC1. The summed E-state index contributed by atoms with van der Waals surface area (Å²) >= 11 is 6.14. The molecule has 34 heavy (non-hydrogen) atoms. The lowest BCUT2D eigenvalue weighted by atomic mass is 9.86. The number of carbonyl (C=O) groups excluding carboxylic acids is 1. The number of benzene rings is 2. The van der Waals surface area contributed by atoms with Crippen molar-refractivity contribution in [3.05, 3.63) is 58.9 Å². The molecule has 8 heteroatoms. The van der Waals surface area contributed by atoms with Crippen LogP contribution in [0.1, 0.15) is 24.8 Å². The number of likely N-dealkylation sites (tertiary alicyclic amines) is 1. The molecule has 0 spiro atoms. The molecule has 2 heterocycles. The summed E-state index contributed by atoms with van der Waals surface area (Å²) in [4.78, 5) is 18.8. The number of hydrogen-bond acceptors (Lipinski definition) is 6. The largest absolute Gasteiger partial charge is 0.508 e. The number of esters is 1. The second-order valence-electron chi connectivity index (χ2n) is 9.21. The summed E-state index contributed by atoms with van der Waals surface area (Å²) in [6, 6.07) is 12.4. The molecule has 4 rings (SSSR count). The van der Waals surface area contributed by atoms with Crippen molar-refractivity contribution in [3.8, 4) is 5.75 Å². The van der Waals surface area contributed by atoms with Gasteiger partial charge in [-0.15, -0.1) is 0 Å². The smallest absolute Gasteiger partial charge is 0.305 e. The minimum absolute atomic E-state index is 0.176. The number of phenols is 1. The van der Waals surface area contributed by atoms with E-state index in [1.165, 1.54) is 13.2 Å². The van der Waals surface area contributed by atoms with Crippen molar-refractivity contribution in [3.63, 3.8) is 0 Å². The Morgan fingerprint density at radius 1 is 1.15 bits per heavy atom. The number of nitrogens with zero attached hydrogens (tertiary/aromatic N) is 3. The minimum atomic E-state index is -0.187. The van der Waals surface area contributed by atoms with Crippen LogP contribution in [-0.4, -0.2) is 73.3 Å². The van der Waals surface area contributed by atoms with Crippen molar-refractivity contribution in [1.82, 2.24) is 9.80 Å². The first-order valence-electron chi connectivity index (χ1n) is 11.9. The summed E-state index contributed by atoms with van der Waals surface area (Å²) in [6.45, 7) is 5.64. The van der Waals surface area contributed by atoms with Crippen LogP contribution < -0.4 is 4.90 Å². The van der Waals surface area contributed by atoms with Crippen molar-refractivity contribution in [2.24, 2.45) is 5.92 Å². The summed E-state index contributed by atoms with van der Waals surface area (Å²) in [6.07, 6.45) is 2.12. The first-order chi connectivity index (χ1) is 16.4. The highest BCUT2D eigenvalue weighted by Crippen LogP contribution is 2.31. The molecule has 0 aliphatic carbocycles. The van der Waals surface area contributed by atoms with Crippen molar-refractivity contribution in [2.45, 2.75) is 31.8 Å². The van der Waals surface area contributed by atoms with E-state index in [0.717, 1.165) is 57.7 Å². The lowest BCUT2D eigenvalue weighted by Crippen LogP contribution is -2.56. The molecule has 1 N–H and O–H groups in total. The molecule has 0 saturated carbocycles. The molecule has 0 amide bonds. The summed E-state index contributed by atoms with van der Waals surface area (Å²) < 4.78 is 19.1. The number of aromatic hydroxyl groups is 1. The Morgan fingerprint density at radius 2 is 1.91 bits per heavy atom. The Labute approximate surface area is 205 Å². The van der Waals surface area contributed by atoms with E-state index < -0.39 is 0 Å². The summed E-state index contributed by atoms with van der Waals surface area (Å²) in [7, 11) is 1.43. The van der Waals surface area contributed by atoms with E-state index in [-0.39, 0.29) is 17.5 Å². The molecule has 6 nitrogen and oxygen atoms in total. The maximum Gasteiger partial charge on any atom is 0.305 e. The molecule has 2 aromatic rings. The standard InChI is InChI=1S/C26H33ClFN3O3/c1-34-26(33)9-6-19-17-29(18-20-16-21(27)7-8-25(20)32)11-10-23(19)30-12-14-31(15-13-30)24-5-3-2-4-22(24)28/h2-5,7-8,16,19,23,32H,6,9-15,17-18H2,1H3/t19-,23+/m0/s1. The zero-order valence-electron chi connectivity index (χ0n) is 19.6. The van der Waals surface area contributed by atoms with Crippen LogP contribution in [0.2, 0.25) is 5.02 Å². The fraction of sp³-hybridized carbons (Fsp3) is 0.500. The number of anilines is 1. The number of halogens is 2. The number of methoxy groups -OCH3 is 1. The van der Waals surface area contributed by atoms with Crippen molar-refractivity contribution in [2.75, 3.05) is 51.3 Å². The fourth-order valence-electron chi connectivity index (χ4n) is 5.33. The number of carbonyl (C=O) groups is 1. The summed E-state index contributed by atoms with van der Waals surface area (Å²) in [5, 5.41) is 10.9. The number of piperazine rings is 1. The maximum atomic E-state index is 14.2. The maximum absolute atomic E-state index is 14.2. The van der Waals surface area contributed by atoms with Crippen molar-refractivity contribution in [1.29, 1.82) is 0 Å². The van der Waals surface area contributed by atoms with Crippen LogP contribution in [-0.2, 0) is 16.1 Å². The van der Waals surface area contributed by atoms with Crippen molar-refractivity contribution >= 4 is 23.3 Å². The monoisotopic (exact) mass is 489 g/mol. The first kappa shape index (κ1) is 24.8. The Kier molecular flexibility index (Phi) is 8.29. The molecule has 2 fully saturated rings. The molecule has 2 saturated heterocycles. The van der Waals surface area contributed by atoms with Crippen LogP contribution in [0.25, 0.3) is 0 Å². The lowest BCUT2D eigenvalue weighted by Gasteiger charge is -2.47. The van der Waals surface area contributed by atoms with Crippen LogP contribution in [0, 0.1) is 11.7 Å². The van der Waals surface area contributed by atoms with E-state index >= 15 is 0 Å². The van der Waals surface area contributed by atoms with E-state index in [1.807, 2.05) is 18.2 Å². The topological polar surface area (TPSA) is 56.2 Å². The van der Waals surface area contributed by atoms with Gasteiger partial charge in [0.15, 0.2) is 0 Å². The molecule has 2 atom stereocenters. The van der Waals surface area contributed by atoms with Crippen LogP contribution in [0.15, 0.2) is 42.5 Å². The molecule has 2 aliphatic heterocycles. The summed E-state index contributed by atoms with van der Waals surface area (Å²) in [5.41, 5.74) is 1.48. The van der Waals surface area contributed by atoms with E-state index in [2.05, 4.69) is 14.7 Å². The molecule has 0 unspecified atom stereocenters. The summed E-state index contributed by atoms with van der Waals surface area (Å²) in [5.74, 6) is 0.188. The van der Waals surface area contributed by atoms with Crippen molar-refractivity contribution < 1.29 is 19.0 Å². The van der Waals surface area contributed by atoms with Crippen LogP contribution in [0.5, 0.6) is 5.75 Å². The Balaban J connectivity index is 1.41. The molecule has 2 aromatic carbocycles. The molecule has 0 radical (unpaired) electrons. The fourth-order valence-corrected chi connectivity index (χ4v) is 5.53. The predicted molar refractivity (Wildman–Crippen MR) is 132 cm³/mol. The number of piperidine rings is 1. The first-order valence-corrected chi connectivity index (χ1v) is 12.3. The minimum Gasteiger partial charge on any atom is -0.508 e. The third kappa shape index (κ3) is 6.01. The van der Waals surface area contributed by atoms with Gasteiger partial charge in [0.1, 0.15) is 11.6 Å². The zero-order chi connectivity index (χ0) is 24.1. The quantitative estimate of drug-likeness (QED) is 0.590. The molecule has 2 aliphatic rings. The second kappa shape index (κ2) is 11.4. The van der Waals surface area contributed by atoms with E-state index in [0.29, 0.717) is 35.6 Å². The Hall–Kier alpha value is -2.35. The molecular formula is C26H33ClFN3O3. The van der Waals surface area contributed by atoms with Gasteiger partial charge in [-0.25, -0.2) is 4.39 Å². The third-order valence-electron chi connectivity index (χ3n) is 7.14. The Morgan fingerprint density at radius 3 is 2.65 bits per heavy atom. The molecular weight excluding hydrogens is 457 g/mol. The van der Waals surface area contributed by atoms with Gasteiger partial charge in [0.25, 0.3) is 0 Å². The van der Waals surface area contributed by atoms with Crippen LogP contribution in [0.3, 0.4) is 0 Å². The Bertz CT molecular complexity index is 984. The second-order valence-corrected chi connectivity index (χ2v) is 9.65. The van der Waals surface area contributed by atoms with Gasteiger partial charge in [-0.3, -0.25) is 14.6 Å². The third-order valence-corrected chi connectivity index (χ3v) is 7.37. The average Bonchev–Trinajstić information content (AvgIpc) is 2.85. The average molecular weight is 490 g/mol. The number of hydrogen-bond donors (Lipinski definition) is 1. The number of rotatable bonds is 7. The van der Waals surface area contributed by atoms with Gasteiger partial charge in [-0.2, -0.15) is 0 Å².